The van der Waals surface area contributed by atoms with Gasteiger partial charge < -0.3 is 14.6 Å². The fourth-order valence-electron chi connectivity index (χ4n) is 2.77. The first-order valence-electron chi connectivity index (χ1n) is 7.02. The molecular weight excluding hydrogens is 268 g/mol. The van der Waals surface area contributed by atoms with Gasteiger partial charge in [-0.05, 0) is 31.9 Å². The van der Waals surface area contributed by atoms with Crippen molar-refractivity contribution in [3.63, 3.8) is 0 Å². The van der Waals surface area contributed by atoms with Gasteiger partial charge in [0.05, 0.1) is 13.2 Å². The maximum Gasteiger partial charge on any atom is 0.259 e. The molecule has 1 atom stereocenters. The van der Waals surface area contributed by atoms with E-state index in [1.165, 1.54) is 7.11 Å². The van der Waals surface area contributed by atoms with Gasteiger partial charge in [-0.25, -0.2) is 9.97 Å². The van der Waals surface area contributed by atoms with E-state index in [0.717, 1.165) is 30.9 Å². The molecule has 3 heterocycles. The predicted molar refractivity (Wildman–Crippen MR) is 77.1 cm³/mol. The van der Waals surface area contributed by atoms with Gasteiger partial charge >= 0.3 is 0 Å². The Labute approximate surface area is 123 Å². The van der Waals surface area contributed by atoms with E-state index in [-0.39, 0.29) is 11.9 Å². The second kappa shape index (κ2) is 5.55. The molecule has 0 radical (unpaired) electrons. The molecule has 1 fully saturated rings. The van der Waals surface area contributed by atoms with Gasteiger partial charge in [-0.2, -0.15) is 0 Å². The van der Waals surface area contributed by atoms with Crippen molar-refractivity contribution in [1.29, 1.82) is 0 Å². The Morgan fingerprint density at radius 1 is 1.48 bits per heavy atom. The number of hydrogen-bond acceptors (Lipinski definition) is 4. The maximum absolute atomic E-state index is 12.8. The van der Waals surface area contributed by atoms with Crippen LogP contribution >= 0.6 is 0 Å². The van der Waals surface area contributed by atoms with Gasteiger partial charge in [0.15, 0.2) is 0 Å². The van der Waals surface area contributed by atoms with Crippen molar-refractivity contribution in [3.05, 3.63) is 41.6 Å². The lowest BCUT2D eigenvalue weighted by molar-refractivity contribution is 0.0726. The minimum absolute atomic E-state index is 0.00360. The van der Waals surface area contributed by atoms with Crippen LogP contribution in [0.25, 0.3) is 0 Å². The van der Waals surface area contributed by atoms with Gasteiger partial charge in [0, 0.05) is 24.6 Å². The van der Waals surface area contributed by atoms with E-state index in [9.17, 15) is 4.79 Å². The van der Waals surface area contributed by atoms with Gasteiger partial charge in [0.2, 0.25) is 5.88 Å². The van der Waals surface area contributed by atoms with Crippen molar-refractivity contribution in [3.8, 4) is 5.88 Å². The quantitative estimate of drug-likeness (QED) is 0.938. The number of imidazole rings is 1. The molecule has 6 heteroatoms. The van der Waals surface area contributed by atoms with Crippen LogP contribution in [0.3, 0.4) is 0 Å². The summed E-state index contributed by atoms with van der Waals surface area (Å²) >= 11 is 0. The molecule has 110 valence electrons. The Bertz CT molecular complexity index is 653. The van der Waals surface area contributed by atoms with E-state index in [1.807, 2.05) is 11.8 Å². The SMILES string of the molecule is COc1ncccc1C(=O)N1CCCC1c1ncc(C)[nH]1. The summed E-state index contributed by atoms with van der Waals surface area (Å²) in [7, 11) is 1.52. The van der Waals surface area contributed by atoms with Crippen molar-refractivity contribution >= 4 is 5.91 Å². The number of aromatic nitrogens is 3. The summed E-state index contributed by atoms with van der Waals surface area (Å²) in [6.07, 6.45) is 5.30. The van der Waals surface area contributed by atoms with Crippen molar-refractivity contribution < 1.29 is 9.53 Å². The highest BCUT2D eigenvalue weighted by Crippen LogP contribution is 2.32. The van der Waals surface area contributed by atoms with Crippen LogP contribution in [0.1, 0.15) is 40.8 Å². The number of H-pyrrole nitrogens is 1. The molecule has 3 rings (SSSR count). The first-order chi connectivity index (χ1) is 10.2. The summed E-state index contributed by atoms with van der Waals surface area (Å²) in [4.78, 5) is 26.3. The van der Waals surface area contributed by atoms with Crippen LogP contribution in [0.4, 0.5) is 0 Å². The fraction of sp³-hybridized carbons (Fsp3) is 0.400. The summed E-state index contributed by atoms with van der Waals surface area (Å²) < 4.78 is 5.19. The largest absolute Gasteiger partial charge is 0.480 e. The standard InChI is InChI=1S/C15H18N4O2/c1-10-9-17-13(18-10)12-6-4-8-19(12)15(20)11-5-3-7-16-14(11)21-2/h3,5,7,9,12H,4,6,8H2,1-2H3,(H,17,18). The van der Waals surface area contributed by atoms with E-state index < -0.39 is 0 Å². The second-order valence-corrected chi connectivity index (χ2v) is 5.17. The summed E-state index contributed by atoms with van der Waals surface area (Å²) in [5.74, 6) is 1.15. The van der Waals surface area contributed by atoms with Gasteiger partial charge in [0.25, 0.3) is 5.91 Å². The van der Waals surface area contributed by atoms with Crippen LogP contribution in [-0.4, -0.2) is 39.4 Å². The molecule has 1 aliphatic rings. The summed E-state index contributed by atoms with van der Waals surface area (Å²) in [5.41, 5.74) is 1.50. The number of pyridine rings is 1. The molecule has 1 saturated heterocycles. The molecule has 0 bridgehead atoms. The summed E-state index contributed by atoms with van der Waals surface area (Å²) in [5, 5.41) is 0. The summed E-state index contributed by atoms with van der Waals surface area (Å²) in [6, 6.07) is 3.49. The lowest BCUT2D eigenvalue weighted by atomic mass is 10.2. The van der Waals surface area contributed by atoms with Crippen LogP contribution in [0.15, 0.2) is 24.5 Å². The van der Waals surface area contributed by atoms with Crippen molar-refractivity contribution in [2.75, 3.05) is 13.7 Å². The van der Waals surface area contributed by atoms with Crippen LogP contribution in [0, 0.1) is 6.92 Å². The molecule has 6 nitrogen and oxygen atoms in total. The van der Waals surface area contributed by atoms with Crippen LogP contribution in [0.5, 0.6) is 5.88 Å². The number of carbonyl (C=O) groups is 1. The zero-order chi connectivity index (χ0) is 14.8. The van der Waals surface area contributed by atoms with E-state index in [4.69, 9.17) is 4.74 Å². The smallest absolute Gasteiger partial charge is 0.259 e. The molecule has 0 aromatic carbocycles. The molecule has 21 heavy (non-hydrogen) atoms. The topological polar surface area (TPSA) is 71.1 Å². The Morgan fingerprint density at radius 3 is 3.05 bits per heavy atom. The highest BCUT2D eigenvalue weighted by Gasteiger charge is 2.33. The molecule has 0 aliphatic carbocycles. The molecule has 0 saturated carbocycles. The number of aryl methyl sites for hydroxylation is 1. The average molecular weight is 286 g/mol. The third-order valence-electron chi connectivity index (χ3n) is 3.75. The Hall–Kier alpha value is -2.37. The highest BCUT2D eigenvalue weighted by molar-refractivity contribution is 5.96. The molecular formula is C15H18N4O2. The van der Waals surface area contributed by atoms with E-state index in [0.29, 0.717) is 11.4 Å². The number of carbonyl (C=O) groups excluding carboxylic acids is 1. The zero-order valence-corrected chi connectivity index (χ0v) is 12.2. The van der Waals surface area contributed by atoms with Crippen molar-refractivity contribution in [2.45, 2.75) is 25.8 Å². The molecule has 2 aromatic rings. The molecule has 1 unspecified atom stereocenters. The van der Waals surface area contributed by atoms with Crippen LogP contribution < -0.4 is 4.74 Å². The monoisotopic (exact) mass is 286 g/mol. The fourth-order valence-corrected chi connectivity index (χ4v) is 2.77. The molecule has 1 amide bonds. The number of nitrogens with one attached hydrogen (secondary N) is 1. The Kier molecular flexibility index (Phi) is 3.60. The number of amides is 1. The number of aromatic amines is 1. The van der Waals surface area contributed by atoms with Crippen molar-refractivity contribution in [1.82, 2.24) is 19.9 Å². The van der Waals surface area contributed by atoms with E-state index in [2.05, 4.69) is 15.0 Å². The molecule has 0 spiro atoms. The third kappa shape index (κ3) is 2.49. The van der Waals surface area contributed by atoms with E-state index >= 15 is 0 Å². The first-order valence-corrected chi connectivity index (χ1v) is 7.02. The van der Waals surface area contributed by atoms with Gasteiger partial charge in [-0.15, -0.1) is 0 Å². The third-order valence-corrected chi connectivity index (χ3v) is 3.75. The molecule has 2 aromatic heterocycles. The van der Waals surface area contributed by atoms with Crippen LogP contribution in [0.2, 0.25) is 0 Å². The number of hydrogen-bond donors (Lipinski definition) is 1. The number of likely N-dealkylation sites (tertiary alicyclic amines) is 1. The van der Waals surface area contributed by atoms with Gasteiger partial charge in [0.1, 0.15) is 11.4 Å². The molecule has 1 N–H and O–H groups in total. The molecule has 1 aliphatic heterocycles. The second-order valence-electron chi connectivity index (χ2n) is 5.17. The summed E-state index contributed by atoms with van der Waals surface area (Å²) in [6.45, 7) is 2.68. The lowest BCUT2D eigenvalue weighted by Gasteiger charge is -2.23. The van der Waals surface area contributed by atoms with Gasteiger partial charge in [-0.1, -0.05) is 0 Å². The maximum atomic E-state index is 12.8. The van der Waals surface area contributed by atoms with Gasteiger partial charge in [-0.3, -0.25) is 4.79 Å². The Morgan fingerprint density at radius 2 is 2.33 bits per heavy atom. The Balaban J connectivity index is 1.89. The minimum Gasteiger partial charge on any atom is -0.480 e. The minimum atomic E-state index is -0.0588. The van der Waals surface area contributed by atoms with Crippen molar-refractivity contribution in [2.24, 2.45) is 0 Å². The zero-order valence-electron chi connectivity index (χ0n) is 12.2. The number of methoxy groups -OCH3 is 1. The highest BCUT2D eigenvalue weighted by atomic mass is 16.5. The number of rotatable bonds is 3. The average Bonchev–Trinajstić information content (AvgIpc) is 3.14. The number of ether oxygens (including phenoxy) is 1. The lowest BCUT2D eigenvalue weighted by Crippen LogP contribution is -2.31. The number of nitrogens with zero attached hydrogens (tertiary/aromatic N) is 3. The first kappa shape index (κ1) is 13.6. The normalized spacial score (nSPS) is 18.0. The van der Waals surface area contributed by atoms with Crippen LogP contribution in [-0.2, 0) is 0 Å². The predicted octanol–water partition coefficient (Wildman–Crippen LogP) is 2.10. The van der Waals surface area contributed by atoms with E-state index in [1.54, 1.807) is 24.5 Å².